The van der Waals surface area contributed by atoms with Gasteiger partial charge >= 0.3 is 0 Å². The minimum Gasteiger partial charge on any atom is -0.872 e. The first kappa shape index (κ1) is 24.6. The van der Waals surface area contributed by atoms with Crippen molar-refractivity contribution in [3.8, 4) is 11.5 Å². The monoisotopic (exact) mass is 472 g/mol. The number of ketones is 1. The highest BCUT2D eigenvalue weighted by Gasteiger charge is 2.44. The minimum absolute atomic E-state index is 0.0712. The molecule has 7 nitrogen and oxygen atoms in total. The van der Waals surface area contributed by atoms with E-state index in [9.17, 15) is 14.7 Å². The molecular formula is C25H29ClN2O5. The van der Waals surface area contributed by atoms with Crippen molar-refractivity contribution in [2.24, 2.45) is 0 Å². The third kappa shape index (κ3) is 5.31. The second-order valence-corrected chi connectivity index (χ2v) is 8.42. The average Bonchev–Trinajstić information content (AvgIpc) is 3.04. The van der Waals surface area contributed by atoms with Crippen molar-refractivity contribution in [3.63, 3.8) is 0 Å². The zero-order valence-corrected chi connectivity index (χ0v) is 20.1. The number of amides is 1. The number of halogens is 1. The van der Waals surface area contributed by atoms with Crippen LogP contribution < -0.4 is 19.5 Å². The number of rotatable bonds is 9. The lowest BCUT2D eigenvalue weighted by molar-refractivity contribution is -0.857. The standard InChI is InChI=1S/C25H29ClN2O5/c1-5-32-18-10-7-16(8-11-18)22-21(24(30)25(31)28(22)14-13-27(3)4)23(29)17-9-12-20(33-6-2)19(26)15-17/h7-12,15,22,29H,5-6,13-14H2,1-4H3/b23-21+. The highest BCUT2D eigenvalue weighted by atomic mass is 35.5. The number of nitrogens with one attached hydrogen (secondary N) is 1. The van der Waals surface area contributed by atoms with E-state index in [1.165, 1.54) is 11.0 Å². The molecule has 0 spiro atoms. The summed E-state index contributed by atoms with van der Waals surface area (Å²) in [6.07, 6.45) is 0. The fourth-order valence-corrected chi connectivity index (χ4v) is 4.01. The van der Waals surface area contributed by atoms with Crippen molar-refractivity contribution in [2.75, 3.05) is 40.4 Å². The second-order valence-electron chi connectivity index (χ2n) is 8.01. The zero-order valence-electron chi connectivity index (χ0n) is 19.3. The van der Waals surface area contributed by atoms with Crippen LogP contribution >= 0.6 is 11.6 Å². The molecule has 33 heavy (non-hydrogen) atoms. The summed E-state index contributed by atoms with van der Waals surface area (Å²) >= 11 is 6.27. The van der Waals surface area contributed by atoms with E-state index in [1.54, 1.807) is 36.4 Å². The summed E-state index contributed by atoms with van der Waals surface area (Å²) in [5.41, 5.74) is 0.834. The molecule has 1 aliphatic heterocycles. The maximum Gasteiger partial charge on any atom is 0.295 e. The van der Waals surface area contributed by atoms with Crippen molar-refractivity contribution < 1.29 is 29.1 Å². The lowest BCUT2D eigenvalue weighted by atomic mass is 9.95. The Labute approximate surface area is 199 Å². The van der Waals surface area contributed by atoms with Gasteiger partial charge in [0.15, 0.2) is 0 Å². The van der Waals surface area contributed by atoms with Gasteiger partial charge in [0, 0.05) is 5.57 Å². The zero-order chi connectivity index (χ0) is 24.1. The molecule has 1 amide bonds. The van der Waals surface area contributed by atoms with Gasteiger partial charge in [0.1, 0.15) is 11.5 Å². The van der Waals surface area contributed by atoms with Crippen molar-refractivity contribution in [3.05, 3.63) is 64.2 Å². The maximum atomic E-state index is 13.5. The van der Waals surface area contributed by atoms with Crippen LogP contribution in [0, 0.1) is 0 Å². The molecule has 1 N–H and O–H groups in total. The van der Waals surface area contributed by atoms with Gasteiger partial charge in [-0.1, -0.05) is 35.6 Å². The number of ether oxygens (including phenoxy) is 2. The van der Waals surface area contributed by atoms with Crippen LogP contribution in [0.1, 0.15) is 31.0 Å². The summed E-state index contributed by atoms with van der Waals surface area (Å²) < 4.78 is 10.9. The second kappa shape index (κ2) is 10.7. The molecule has 1 heterocycles. The number of quaternary nitrogens is 1. The van der Waals surface area contributed by atoms with E-state index >= 15 is 0 Å². The number of likely N-dealkylation sites (tertiary alicyclic amines) is 1. The highest BCUT2D eigenvalue weighted by molar-refractivity contribution is 6.46. The topological polar surface area (TPSA) is 83.3 Å². The first-order valence-electron chi connectivity index (χ1n) is 11.0. The number of hydrogen-bond donors (Lipinski definition) is 1. The minimum atomic E-state index is -0.780. The summed E-state index contributed by atoms with van der Waals surface area (Å²) in [6, 6.07) is 11.0. The van der Waals surface area contributed by atoms with Crippen LogP contribution in [-0.2, 0) is 9.59 Å². The van der Waals surface area contributed by atoms with E-state index in [-0.39, 0.29) is 16.2 Å². The SMILES string of the molecule is CCOc1ccc(C2/C(=C(\[O-])c3ccc(OCC)c(Cl)c3)C(=O)C(=O)N2CC[NH+](C)C)cc1. The predicted molar refractivity (Wildman–Crippen MR) is 124 cm³/mol. The quantitative estimate of drug-likeness (QED) is 0.340. The van der Waals surface area contributed by atoms with Gasteiger partial charge in [-0.25, -0.2) is 0 Å². The molecule has 1 fully saturated rings. The fraction of sp³-hybridized carbons (Fsp3) is 0.360. The van der Waals surface area contributed by atoms with Crippen molar-refractivity contribution in [1.29, 1.82) is 0 Å². The van der Waals surface area contributed by atoms with Crippen LogP contribution in [0.3, 0.4) is 0 Å². The Morgan fingerprint density at radius 1 is 1.06 bits per heavy atom. The van der Waals surface area contributed by atoms with E-state index < -0.39 is 23.5 Å². The molecule has 0 radical (unpaired) electrons. The molecule has 8 heteroatoms. The predicted octanol–water partition coefficient (Wildman–Crippen LogP) is 1.51. The normalized spacial score (nSPS) is 17.6. The van der Waals surface area contributed by atoms with E-state index in [4.69, 9.17) is 21.1 Å². The number of carbonyl (C=O) groups is 2. The molecule has 0 saturated carbocycles. The van der Waals surface area contributed by atoms with Crippen molar-refractivity contribution in [2.45, 2.75) is 19.9 Å². The van der Waals surface area contributed by atoms with Gasteiger partial charge in [0.2, 0.25) is 5.78 Å². The van der Waals surface area contributed by atoms with Crippen LogP contribution in [0.5, 0.6) is 11.5 Å². The Morgan fingerprint density at radius 3 is 2.30 bits per heavy atom. The van der Waals surface area contributed by atoms with Gasteiger partial charge in [-0.15, -0.1) is 0 Å². The summed E-state index contributed by atoms with van der Waals surface area (Å²) in [4.78, 5) is 28.6. The van der Waals surface area contributed by atoms with E-state index in [1.807, 2.05) is 27.9 Å². The lowest BCUT2D eigenvalue weighted by Gasteiger charge is -2.28. The van der Waals surface area contributed by atoms with Crippen molar-refractivity contribution in [1.82, 2.24) is 4.90 Å². The molecule has 0 bridgehead atoms. The van der Waals surface area contributed by atoms with Crippen LogP contribution in [-0.4, -0.2) is 57.0 Å². The third-order valence-electron chi connectivity index (χ3n) is 5.38. The number of nitrogens with zero attached hydrogens (tertiary/aromatic N) is 1. The summed E-state index contributed by atoms with van der Waals surface area (Å²) in [5, 5.41) is 13.8. The largest absolute Gasteiger partial charge is 0.872 e. The molecule has 1 saturated heterocycles. The van der Waals surface area contributed by atoms with Crippen LogP contribution in [0.2, 0.25) is 5.02 Å². The average molecular weight is 473 g/mol. The smallest absolute Gasteiger partial charge is 0.295 e. The first-order chi connectivity index (χ1) is 15.8. The third-order valence-corrected chi connectivity index (χ3v) is 5.68. The van der Waals surface area contributed by atoms with Crippen LogP contribution in [0.4, 0.5) is 0 Å². The van der Waals surface area contributed by atoms with Crippen molar-refractivity contribution >= 4 is 29.1 Å². The molecule has 1 aliphatic rings. The van der Waals surface area contributed by atoms with Crippen LogP contribution in [0.15, 0.2) is 48.0 Å². The Morgan fingerprint density at radius 2 is 1.73 bits per heavy atom. The summed E-state index contributed by atoms with van der Waals surface area (Å²) in [5.74, 6) is -0.842. The van der Waals surface area contributed by atoms with E-state index in [2.05, 4.69) is 0 Å². The molecule has 2 aromatic carbocycles. The molecule has 176 valence electrons. The Hall–Kier alpha value is -3.03. The van der Waals surface area contributed by atoms with Gasteiger partial charge in [0.25, 0.3) is 5.91 Å². The van der Waals surface area contributed by atoms with Gasteiger partial charge in [-0.05, 0) is 49.2 Å². The molecule has 0 aliphatic carbocycles. The van der Waals surface area contributed by atoms with Crippen LogP contribution in [0.25, 0.3) is 5.76 Å². The molecule has 2 aromatic rings. The van der Waals surface area contributed by atoms with Gasteiger partial charge < -0.3 is 24.4 Å². The number of Topliss-reactive ketones (excluding diaryl/α,β-unsaturated/α-hetero) is 1. The van der Waals surface area contributed by atoms with Gasteiger partial charge in [-0.2, -0.15) is 0 Å². The molecular weight excluding hydrogens is 444 g/mol. The Bertz CT molecular complexity index is 1050. The first-order valence-corrected chi connectivity index (χ1v) is 11.4. The fourth-order valence-electron chi connectivity index (χ4n) is 3.77. The summed E-state index contributed by atoms with van der Waals surface area (Å²) in [7, 11) is 3.93. The maximum absolute atomic E-state index is 13.5. The number of benzene rings is 2. The molecule has 3 rings (SSSR count). The van der Waals surface area contributed by atoms with Gasteiger partial charge in [0.05, 0.1) is 51.5 Å². The number of likely N-dealkylation sites (N-methyl/N-ethyl adjacent to an activating group) is 1. The lowest BCUT2D eigenvalue weighted by Crippen LogP contribution is -3.06. The highest BCUT2D eigenvalue weighted by Crippen LogP contribution is 2.39. The number of carbonyl (C=O) groups excluding carboxylic acids is 2. The molecule has 1 atom stereocenters. The molecule has 1 unspecified atom stereocenters. The summed E-state index contributed by atoms with van der Waals surface area (Å²) in [6.45, 7) is 5.64. The van der Waals surface area contributed by atoms with Gasteiger partial charge in [-0.3, -0.25) is 9.59 Å². The Kier molecular flexibility index (Phi) is 8.00. The van der Waals surface area contributed by atoms with E-state index in [0.717, 1.165) is 4.90 Å². The number of hydrogen-bond acceptors (Lipinski definition) is 5. The Balaban J connectivity index is 2.10. The molecule has 0 aromatic heterocycles. The van der Waals surface area contributed by atoms with E-state index in [0.29, 0.717) is 43.4 Å².